The third-order valence-corrected chi connectivity index (χ3v) is 8.10. The van der Waals surface area contributed by atoms with Crippen molar-refractivity contribution in [2.24, 2.45) is 5.92 Å². The molecular formula is C35H44O4. The second kappa shape index (κ2) is 14.3. The maximum Gasteiger partial charge on any atom is 0.333 e. The summed E-state index contributed by atoms with van der Waals surface area (Å²) in [4.78, 5) is 12.0. The van der Waals surface area contributed by atoms with Crippen LogP contribution in [0, 0.1) is 5.92 Å². The lowest BCUT2D eigenvalue weighted by Crippen LogP contribution is -2.14. The van der Waals surface area contributed by atoms with E-state index in [2.05, 4.69) is 56.0 Å². The van der Waals surface area contributed by atoms with Crippen molar-refractivity contribution in [1.29, 1.82) is 0 Å². The van der Waals surface area contributed by atoms with Crippen molar-refractivity contribution in [2.45, 2.75) is 77.6 Å². The number of carbonyl (C=O) groups excluding carboxylic acids is 1. The highest BCUT2D eigenvalue weighted by Crippen LogP contribution is 2.39. The summed E-state index contributed by atoms with van der Waals surface area (Å²) in [7, 11) is 0. The first-order valence-corrected chi connectivity index (χ1v) is 14.7. The number of benzene rings is 3. The quantitative estimate of drug-likeness (QED) is 0.137. The molecular weight excluding hydrogens is 484 g/mol. The smallest absolute Gasteiger partial charge is 0.333 e. The Labute approximate surface area is 234 Å². The summed E-state index contributed by atoms with van der Waals surface area (Å²) >= 11 is 0. The molecule has 4 rings (SSSR count). The highest BCUT2D eigenvalue weighted by atomic mass is 16.5. The second-order valence-corrected chi connectivity index (χ2v) is 11.1. The summed E-state index contributed by atoms with van der Waals surface area (Å²) in [5.74, 6) is 1.92. The number of rotatable bonds is 13. The van der Waals surface area contributed by atoms with E-state index >= 15 is 0 Å². The lowest BCUT2D eigenvalue weighted by molar-refractivity contribution is -0.138. The number of carbonyl (C=O) groups is 1. The number of aliphatic hydroxyl groups is 1. The van der Waals surface area contributed by atoms with Gasteiger partial charge < -0.3 is 14.6 Å². The van der Waals surface area contributed by atoms with E-state index in [0.717, 1.165) is 28.0 Å². The van der Waals surface area contributed by atoms with Crippen molar-refractivity contribution < 1.29 is 19.4 Å². The lowest BCUT2D eigenvalue weighted by Gasteiger charge is -2.29. The molecule has 0 spiro atoms. The van der Waals surface area contributed by atoms with E-state index in [4.69, 9.17) is 14.6 Å². The Morgan fingerprint density at radius 1 is 0.949 bits per heavy atom. The number of aliphatic hydroxyl groups excluding tert-OH is 1. The highest BCUT2D eigenvalue weighted by Gasteiger charge is 2.23. The van der Waals surface area contributed by atoms with Gasteiger partial charge in [-0.1, -0.05) is 75.6 Å². The lowest BCUT2D eigenvalue weighted by atomic mass is 9.76. The Hall–Kier alpha value is -3.11. The highest BCUT2D eigenvalue weighted by molar-refractivity contribution is 5.89. The molecule has 208 valence electrons. The zero-order valence-corrected chi connectivity index (χ0v) is 23.7. The molecule has 0 bridgehead atoms. The first-order valence-electron chi connectivity index (χ1n) is 14.7. The maximum absolute atomic E-state index is 12.0. The molecule has 1 N–H and O–H groups in total. The van der Waals surface area contributed by atoms with Crippen molar-refractivity contribution in [1.82, 2.24) is 0 Å². The normalized spacial score (nSPS) is 17.2. The van der Waals surface area contributed by atoms with Gasteiger partial charge in [0.15, 0.2) is 0 Å². The van der Waals surface area contributed by atoms with Gasteiger partial charge in [0.1, 0.15) is 12.4 Å². The molecule has 1 fully saturated rings. The summed E-state index contributed by atoms with van der Waals surface area (Å²) in [6.07, 6.45) is 11.3. The van der Waals surface area contributed by atoms with Crippen LogP contribution in [0.5, 0.6) is 5.75 Å². The number of hydrogen-bond donors (Lipinski definition) is 1. The Morgan fingerprint density at radius 2 is 1.72 bits per heavy atom. The molecule has 0 radical (unpaired) electrons. The van der Waals surface area contributed by atoms with Gasteiger partial charge >= 0.3 is 5.97 Å². The molecule has 0 heterocycles. The van der Waals surface area contributed by atoms with Crippen LogP contribution in [0.25, 0.3) is 21.9 Å². The van der Waals surface area contributed by atoms with E-state index in [-0.39, 0.29) is 19.2 Å². The van der Waals surface area contributed by atoms with Crippen molar-refractivity contribution >= 4 is 16.7 Å². The summed E-state index contributed by atoms with van der Waals surface area (Å²) in [5.41, 5.74) is 5.39. The van der Waals surface area contributed by atoms with Crippen molar-refractivity contribution in [3.63, 3.8) is 0 Å². The van der Waals surface area contributed by atoms with Crippen molar-refractivity contribution in [3.8, 4) is 16.9 Å². The van der Waals surface area contributed by atoms with E-state index in [1.165, 1.54) is 68.1 Å². The van der Waals surface area contributed by atoms with Crippen molar-refractivity contribution in [2.75, 3.05) is 19.8 Å². The topological polar surface area (TPSA) is 55.8 Å². The predicted molar refractivity (Wildman–Crippen MR) is 160 cm³/mol. The summed E-state index contributed by atoms with van der Waals surface area (Å²) in [6.45, 7) is 8.29. The zero-order valence-electron chi connectivity index (χ0n) is 23.7. The third kappa shape index (κ3) is 7.95. The molecule has 0 aromatic heterocycles. The molecule has 4 nitrogen and oxygen atoms in total. The molecule has 0 atom stereocenters. The summed E-state index contributed by atoms with van der Waals surface area (Å²) in [6, 6.07) is 19.4. The standard InChI is InChI=1S/C35H44O4/c1-4-5-6-7-26-8-10-27(11-9-26)28-15-17-34(32(22-28)18-20-39-35(37)25(2)3)31-13-12-30-24-33(38-21-19-36)16-14-29(30)23-31/h12-17,22-24,26-27,36H,2,4-11,18-21H2,1,3H3. The summed E-state index contributed by atoms with van der Waals surface area (Å²) < 4.78 is 11.1. The average molecular weight is 529 g/mol. The number of unbranched alkanes of at least 4 members (excludes halogenated alkanes) is 2. The van der Waals surface area contributed by atoms with Gasteiger partial charge in [0.05, 0.1) is 13.2 Å². The molecule has 3 aromatic carbocycles. The molecule has 39 heavy (non-hydrogen) atoms. The molecule has 0 unspecified atom stereocenters. The number of esters is 1. The van der Waals surface area contributed by atoms with Crippen LogP contribution in [-0.2, 0) is 16.0 Å². The van der Waals surface area contributed by atoms with Gasteiger partial charge in [-0.15, -0.1) is 0 Å². The zero-order chi connectivity index (χ0) is 27.6. The van der Waals surface area contributed by atoms with Gasteiger partial charge in [-0.3, -0.25) is 0 Å². The van der Waals surface area contributed by atoms with E-state index in [0.29, 0.717) is 24.5 Å². The SMILES string of the molecule is C=C(C)C(=O)OCCc1cc(C2CCC(CCCCC)CC2)ccc1-c1ccc2cc(OCCO)ccc2c1. The van der Waals surface area contributed by atoms with Crippen LogP contribution >= 0.6 is 0 Å². The van der Waals surface area contributed by atoms with Crippen LogP contribution in [-0.4, -0.2) is 30.9 Å². The molecule has 1 saturated carbocycles. The Kier molecular flexibility index (Phi) is 10.6. The minimum Gasteiger partial charge on any atom is -0.491 e. The Bertz CT molecular complexity index is 1250. The average Bonchev–Trinajstić information content (AvgIpc) is 2.96. The second-order valence-electron chi connectivity index (χ2n) is 11.1. The van der Waals surface area contributed by atoms with E-state index < -0.39 is 0 Å². The van der Waals surface area contributed by atoms with Gasteiger partial charge in [0.25, 0.3) is 0 Å². The molecule has 1 aliphatic carbocycles. The Morgan fingerprint density at radius 3 is 2.46 bits per heavy atom. The number of hydrogen-bond acceptors (Lipinski definition) is 4. The predicted octanol–water partition coefficient (Wildman–Crippen LogP) is 8.39. The van der Waals surface area contributed by atoms with Crippen LogP contribution in [0.1, 0.15) is 82.3 Å². The molecule has 0 amide bonds. The largest absolute Gasteiger partial charge is 0.491 e. The molecule has 1 aliphatic rings. The molecule has 4 heteroatoms. The maximum atomic E-state index is 12.0. The van der Waals surface area contributed by atoms with Crippen molar-refractivity contribution in [3.05, 3.63) is 77.9 Å². The number of ether oxygens (including phenoxy) is 2. The molecule has 0 aliphatic heterocycles. The van der Waals surface area contributed by atoms with Gasteiger partial charge in [-0.25, -0.2) is 4.79 Å². The fourth-order valence-corrected chi connectivity index (χ4v) is 5.85. The van der Waals surface area contributed by atoms with Gasteiger partial charge in [0.2, 0.25) is 0 Å². The van der Waals surface area contributed by atoms with Crippen LogP contribution in [0.3, 0.4) is 0 Å². The fraction of sp³-hybridized carbons (Fsp3) is 0.457. The van der Waals surface area contributed by atoms with E-state index in [9.17, 15) is 4.79 Å². The van der Waals surface area contributed by atoms with Crippen LogP contribution in [0.2, 0.25) is 0 Å². The third-order valence-electron chi connectivity index (χ3n) is 8.10. The summed E-state index contributed by atoms with van der Waals surface area (Å²) in [5, 5.41) is 11.3. The van der Waals surface area contributed by atoms with Gasteiger partial charge in [-0.2, -0.15) is 0 Å². The number of fused-ring (bicyclic) bond motifs is 1. The Balaban J connectivity index is 1.55. The first-order chi connectivity index (χ1) is 19.0. The van der Waals surface area contributed by atoms with Gasteiger partial charge in [-0.05, 0) is 95.7 Å². The fourth-order valence-electron chi connectivity index (χ4n) is 5.85. The minimum atomic E-state index is -0.334. The van der Waals surface area contributed by atoms with Crippen LogP contribution < -0.4 is 4.74 Å². The van der Waals surface area contributed by atoms with Crippen LogP contribution in [0.15, 0.2) is 66.7 Å². The van der Waals surface area contributed by atoms with Gasteiger partial charge in [0, 0.05) is 12.0 Å². The monoisotopic (exact) mass is 528 g/mol. The first kappa shape index (κ1) is 28.9. The van der Waals surface area contributed by atoms with Crippen LogP contribution in [0.4, 0.5) is 0 Å². The van der Waals surface area contributed by atoms with E-state index in [1.54, 1.807) is 6.92 Å². The minimum absolute atomic E-state index is 0.00216. The van der Waals surface area contributed by atoms with E-state index in [1.807, 2.05) is 12.1 Å². The molecule has 0 saturated heterocycles. The molecule has 3 aromatic rings.